The second-order valence-electron chi connectivity index (χ2n) is 16.5. The van der Waals surface area contributed by atoms with Gasteiger partial charge in [0.1, 0.15) is 17.5 Å². The molecule has 0 amide bonds. The molecular weight excluding hydrogens is 853 g/mol. The van der Waals surface area contributed by atoms with Crippen LogP contribution in [0.1, 0.15) is 0 Å². The van der Waals surface area contributed by atoms with Crippen LogP contribution >= 0.6 is 0 Å². The third kappa shape index (κ3) is 7.07. The monoisotopic (exact) mass is 888 g/mol. The van der Waals surface area contributed by atoms with Crippen LogP contribution < -0.4 is 0 Å². The van der Waals surface area contributed by atoms with Crippen molar-refractivity contribution in [1.29, 1.82) is 0 Å². The van der Waals surface area contributed by atoms with Gasteiger partial charge < -0.3 is 0 Å². The van der Waals surface area contributed by atoms with Gasteiger partial charge in [-0.1, -0.05) is 109 Å². The first kappa shape index (κ1) is 39.5. The molecule has 6 aromatic carbocycles. The molecule has 0 bridgehead atoms. The Labute approximate surface area is 394 Å². The van der Waals surface area contributed by atoms with Gasteiger partial charge in [0.05, 0.1) is 68.8 Å². The summed E-state index contributed by atoms with van der Waals surface area (Å²) in [5.41, 5.74) is 13.8. The van der Waals surface area contributed by atoms with Crippen LogP contribution in [0, 0.1) is 0 Å². The lowest BCUT2D eigenvalue weighted by molar-refractivity contribution is 1.07. The lowest BCUT2D eigenvalue weighted by atomic mass is 10.1. The van der Waals surface area contributed by atoms with Crippen LogP contribution in [-0.2, 0) is 0 Å². The SMILES string of the molecule is c1cncc(-n2c(-c3ccc(-c4nc(-c5ccc(-c6nc7ccccc7n6-c6cccnc6)cc5)nc(-c5ccc(-c6nc7ccccc7n6-c6cccnc6)cc5)n4)cc3)nc3ccccc32)c1. The maximum atomic E-state index is 5.14. The molecule has 0 aliphatic heterocycles. The fourth-order valence-electron chi connectivity index (χ4n) is 8.97. The van der Waals surface area contributed by atoms with Crippen LogP contribution in [0.4, 0.5) is 0 Å². The minimum Gasteiger partial charge on any atom is -0.291 e. The number of aromatic nitrogens is 12. The molecule has 0 aliphatic carbocycles. The minimum absolute atomic E-state index is 0.534. The van der Waals surface area contributed by atoms with Crippen molar-refractivity contribution < 1.29 is 0 Å². The molecule has 0 saturated carbocycles. The van der Waals surface area contributed by atoms with Crippen LogP contribution in [0.25, 0.3) is 118 Å². The summed E-state index contributed by atoms with van der Waals surface area (Å²) >= 11 is 0. The number of benzene rings is 6. The smallest absolute Gasteiger partial charge is 0.164 e. The van der Waals surface area contributed by atoms with Gasteiger partial charge in [-0.25, -0.2) is 29.9 Å². The third-order valence-corrected chi connectivity index (χ3v) is 12.2. The third-order valence-electron chi connectivity index (χ3n) is 12.2. The van der Waals surface area contributed by atoms with E-state index in [1.165, 1.54) is 0 Å². The van der Waals surface area contributed by atoms with Crippen molar-refractivity contribution in [2.24, 2.45) is 0 Å². The fourth-order valence-corrected chi connectivity index (χ4v) is 8.97. The number of imidazole rings is 3. The second-order valence-corrected chi connectivity index (χ2v) is 16.5. The highest BCUT2D eigenvalue weighted by Gasteiger charge is 2.20. The average molecular weight is 889 g/mol. The molecule has 7 aromatic heterocycles. The van der Waals surface area contributed by atoms with Crippen molar-refractivity contribution in [2.45, 2.75) is 0 Å². The normalized spacial score (nSPS) is 11.5. The van der Waals surface area contributed by atoms with E-state index in [1.807, 2.05) is 146 Å². The number of nitrogens with zero attached hydrogens (tertiary/aromatic N) is 12. The van der Waals surface area contributed by atoms with E-state index in [4.69, 9.17) is 29.9 Å². The molecule has 69 heavy (non-hydrogen) atoms. The summed E-state index contributed by atoms with van der Waals surface area (Å²) in [6.07, 6.45) is 10.9. The second kappa shape index (κ2) is 16.6. The predicted octanol–water partition coefficient (Wildman–Crippen LogP) is 12.1. The number of hydrogen-bond acceptors (Lipinski definition) is 9. The molecule has 0 spiro atoms. The van der Waals surface area contributed by atoms with Crippen molar-refractivity contribution in [3.8, 4) is 85.4 Å². The Morgan fingerprint density at radius 1 is 0.246 bits per heavy atom. The Balaban J connectivity index is 0.914. The van der Waals surface area contributed by atoms with Gasteiger partial charge in [-0.15, -0.1) is 0 Å². The maximum Gasteiger partial charge on any atom is 0.164 e. The van der Waals surface area contributed by atoms with Gasteiger partial charge in [-0.3, -0.25) is 28.7 Å². The molecule has 7 heterocycles. The van der Waals surface area contributed by atoms with Crippen LogP contribution in [0.5, 0.6) is 0 Å². The van der Waals surface area contributed by atoms with E-state index in [1.54, 1.807) is 18.6 Å². The molecular formula is C57H36N12. The molecule has 12 nitrogen and oxygen atoms in total. The standard InChI is InChI=1S/C57H36N12/c1-4-16-49-46(13-1)61-55(67(49)43-10-7-31-58-34-43)40-25-19-37(20-26-40)52-64-53(38-21-27-41(28-22-38)56-62-47-14-2-5-17-50(47)68(56)44-11-8-32-59-35-44)66-54(65-52)39-23-29-42(30-24-39)57-63-48-15-3-6-18-51(48)69(57)45-12-9-33-60-36-45/h1-36H. The zero-order valence-electron chi connectivity index (χ0n) is 36.7. The number of fused-ring (bicyclic) bond motifs is 3. The molecule has 0 radical (unpaired) electrons. The summed E-state index contributed by atoms with van der Waals surface area (Å²) in [6.45, 7) is 0. The van der Waals surface area contributed by atoms with Crippen LogP contribution in [0.15, 0.2) is 219 Å². The number of rotatable bonds is 9. The number of pyridine rings is 3. The van der Waals surface area contributed by atoms with Crippen LogP contribution in [0.2, 0.25) is 0 Å². The zero-order chi connectivity index (χ0) is 45.7. The molecule has 12 heteroatoms. The van der Waals surface area contributed by atoms with Gasteiger partial charge in [0.2, 0.25) is 0 Å². The molecule has 0 atom stereocenters. The van der Waals surface area contributed by atoms with E-state index in [9.17, 15) is 0 Å². The van der Waals surface area contributed by atoms with Gasteiger partial charge in [0.25, 0.3) is 0 Å². The van der Waals surface area contributed by atoms with E-state index in [2.05, 4.69) is 83.3 Å². The highest BCUT2D eigenvalue weighted by molar-refractivity contribution is 5.86. The molecule has 0 saturated heterocycles. The summed E-state index contributed by atoms with van der Waals surface area (Å²) in [5.74, 6) is 4.03. The van der Waals surface area contributed by atoms with Crippen molar-refractivity contribution in [2.75, 3.05) is 0 Å². The Morgan fingerprint density at radius 2 is 0.522 bits per heavy atom. The number of hydrogen-bond donors (Lipinski definition) is 0. The molecule has 0 N–H and O–H groups in total. The first-order valence-corrected chi connectivity index (χ1v) is 22.4. The topological polar surface area (TPSA) is 131 Å². The van der Waals surface area contributed by atoms with Crippen molar-refractivity contribution in [1.82, 2.24) is 58.6 Å². The van der Waals surface area contributed by atoms with Crippen molar-refractivity contribution in [3.05, 3.63) is 219 Å². The largest absolute Gasteiger partial charge is 0.291 e. The Bertz CT molecular complexity index is 3550. The van der Waals surface area contributed by atoms with E-state index in [0.29, 0.717) is 17.5 Å². The lowest BCUT2D eigenvalue weighted by Crippen LogP contribution is -2.01. The molecule has 0 fully saturated rings. The maximum absolute atomic E-state index is 5.14. The zero-order valence-corrected chi connectivity index (χ0v) is 36.7. The Kier molecular flexibility index (Phi) is 9.49. The van der Waals surface area contributed by atoms with E-state index < -0.39 is 0 Å². The summed E-state index contributed by atoms with van der Waals surface area (Å²) in [4.78, 5) is 43.9. The highest BCUT2D eigenvalue weighted by atomic mass is 15.1. The van der Waals surface area contributed by atoms with E-state index in [-0.39, 0.29) is 0 Å². The summed E-state index contributed by atoms with van der Waals surface area (Å²) in [7, 11) is 0. The molecule has 13 aromatic rings. The van der Waals surface area contributed by atoms with Gasteiger partial charge >= 0.3 is 0 Å². The van der Waals surface area contributed by atoms with Crippen molar-refractivity contribution in [3.63, 3.8) is 0 Å². The van der Waals surface area contributed by atoms with Gasteiger partial charge in [0.15, 0.2) is 17.5 Å². The van der Waals surface area contributed by atoms with Gasteiger partial charge in [-0.05, 0) is 72.8 Å². The molecule has 324 valence electrons. The van der Waals surface area contributed by atoms with Gasteiger partial charge in [-0.2, -0.15) is 0 Å². The molecule has 13 rings (SSSR count). The average Bonchev–Trinajstić information content (AvgIpc) is 4.14. The summed E-state index contributed by atoms with van der Waals surface area (Å²) in [5, 5.41) is 0. The van der Waals surface area contributed by atoms with Crippen molar-refractivity contribution >= 4 is 33.1 Å². The Hall–Kier alpha value is -9.81. The first-order chi connectivity index (χ1) is 34.2. The summed E-state index contributed by atoms with van der Waals surface area (Å²) < 4.78 is 6.42. The predicted molar refractivity (Wildman–Crippen MR) is 270 cm³/mol. The highest BCUT2D eigenvalue weighted by Crippen LogP contribution is 2.35. The minimum atomic E-state index is 0.534. The lowest BCUT2D eigenvalue weighted by Gasteiger charge is -2.12. The molecule has 0 unspecified atom stereocenters. The first-order valence-electron chi connectivity index (χ1n) is 22.4. The van der Waals surface area contributed by atoms with Crippen LogP contribution in [-0.4, -0.2) is 58.6 Å². The number of para-hydroxylation sites is 6. The van der Waals surface area contributed by atoms with E-state index in [0.717, 1.165) is 101 Å². The molecule has 0 aliphatic rings. The fraction of sp³-hybridized carbons (Fsp3) is 0. The quantitative estimate of drug-likeness (QED) is 0.139. The van der Waals surface area contributed by atoms with Crippen LogP contribution in [0.3, 0.4) is 0 Å². The van der Waals surface area contributed by atoms with Gasteiger partial charge in [0, 0.05) is 52.0 Å². The summed E-state index contributed by atoms with van der Waals surface area (Å²) in [6, 6.07) is 61.0. The Morgan fingerprint density at radius 3 is 0.797 bits per heavy atom. The van der Waals surface area contributed by atoms with E-state index >= 15 is 0 Å².